The monoisotopic (exact) mass is 244 g/mol. The van der Waals surface area contributed by atoms with Gasteiger partial charge in [0.15, 0.2) is 0 Å². The Hall–Kier alpha value is -1.23. The van der Waals surface area contributed by atoms with Crippen LogP contribution in [0.1, 0.15) is 15.9 Å². The van der Waals surface area contributed by atoms with E-state index in [-0.39, 0.29) is 5.56 Å². The number of benzene rings is 1. The second-order valence-electron chi connectivity index (χ2n) is 2.58. The van der Waals surface area contributed by atoms with Crippen LogP contribution in [0.25, 0.3) is 0 Å². The van der Waals surface area contributed by atoms with Gasteiger partial charge in [-0.05, 0) is 17.7 Å². The van der Waals surface area contributed by atoms with Gasteiger partial charge in [-0.15, -0.1) is 0 Å². The summed E-state index contributed by atoms with van der Waals surface area (Å²) in [5, 5.41) is 9.20. The first-order valence-corrected chi connectivity index (χ1v) is 4.65. The van der Waals surface area contributed by atoms with Gasteiger partial charge < -0.3 is 16.6 Å². The van der Waals surface area contributed by atoms with Crippen LogP contribution in [0.15, 0.2) is 12.1 Å². The smallest absolute Gasteiger partial charge is 0.335 e. The molecule has 0 atom stereocenters. The zero-order valence-corrected chi connectivity index (χ0v) is 8.34. The van der Waals surface area contributed by atoms with Gasteiger partial charge in [0.25, 0.3) is 0 Å². The number of carboxylic acids is 1. The number of hydrogen-bond acceptors (Lipinski definition) is 3. The van der Waals surface area contributed by atoms with E-state index in [2.05, 4.69) is 15.9 Å². The normalized spacial score (nSPS) is 9.92. The molecule has 5 heteroatoms. The number of anilines is 2. The highest BCUT2D eigenvalue weighted by atomic mass is 79.9. The summed E-state index contributed by atoms with van der Waals surface area (Å²) in [6.45, 7) is 0. The highest BCUT2D eigenvalue weighted by Gasteiger charge is 2.09. The fraction of sp³-hybridized carbons (Fsp3) is 0.125. The maximum Gasteiger partial charge on any atom is 0.335 e. The molecule has 0 aliphatic heterocycles. The number of alkyl halides is 1. The van der Waals surface area contributed by atoms with Crippen LogP contribution in [0.5, 0.6) is 0 Å². The van der Waals surface area contributed by atoms with Gasteiger partial charge in [-0.3, -0.25) is 0 Å². The first kappa shape index (κ1) is 9.85. The van der Waals surface area contributed by atoms with Crippen molar-refractivity contribution in [3.05, 3.63) is 23.3 Å². The molecule has 0 aromatic heterocycles. The largest absolute Gasteiger partial charge is 0.478 e. The van der Waals surface area contributed by atoms with Crippen molar-refractivity contribution in [2.24, 2.45) is 0 Å². The van der Waals surface area contributed by atoms with E-state index in [0.29, 0.717) is 22.3 Å². The Morgan fingerprint density at radius 2 is 2.08 bits per heavy atom. The highest BCUT2D eigenvalue weighted by molar-refractivity contribution is 9.08. The molecule has 13 heavy (non-hydrogen) atoms. The molecule has 5 N–H and O–H groups in total. The number of rotatable bonds is 2. The lowest BCUT2D eigenvalue weighted by Gasteiger charge is -2.06. The molecule has 0 radical (unpaired) electrons. The summed E-state index contributed by atoms with van der Waals surface area (Å²) >= 11 is 3.20. The van der Waals surface area contributed by atoms with Crippen molar-refractivity contribution in [2.45, 2.75) is 5.33 Å². The van der Waals surface area contributed by atoms with Crippen LogP contribution in [-0.2, 0) is 5.33 Å². The number of aromatic carboxylic acids is 1. The van der Waals surface area contributed by atoms with E-state index in [0.717, 1.165) is 0 Å². The zero-order valence-electron chi connectivity index (χ0n) is 6.75. The van der Waals surface area contributed by atoms with Crippen molar-refractivity contribution in [3.63, 3.8) is 0 Å². The average molecular weight is 245 g/mol. The molecule has 0 saturated heterocycles. The van der Waals surface area contributed by atoms with Crippen molar-refractivity contribution in [1.82, 2.24) is 0 Å². The van der Waals surface area contributed by atoms with Crippen molar-refractivity contribution < 1.29 is 9.90 Å². The molecule has 0 saturated carbocycles. The first-order chi connectivity index (χ1) is 6.06. The van der Waals surface area contributed by atoms with E-state index >= 15 is 0 Å². The summed E-state index contributed by atoms with van der Waals surface area (Å²) < 4.78 is 0. The molecule has 1 rings (SSSR count). The standard InChI is InChI=1S/C8H9BrN2O2/c9-3-5-1-4(8(12)13)2-6(10)7(5)11/h1-2H,3,10-11H2,(H,12,13). The molecule has 0 fully saturated rings. The molecule has 0 spiro atoms. The highest BCUT2D eigenvalue weighted by Crippen LogP contribution is 2.24. The Morgan fingerprint density at radius 1 is 1.46 bits per heavy atom. The second kappa shape index (κ2) is 3.66. The lowest BCUT2D eigenvalue weighted by Crippen LogP contribution is -2.04. The Balaban J connectivity index is 3.30. The first-order valence-electron chi connectivity index (χ1n) is 3.53. The second-order valence-corrected chi connectivity index (χ2v) is 3.14. The van der Waals surface area contributed by atoms with E-state index in [1.165, 1.54) is 12.1 Å². The summed E-state index contributed by atoms with van der Waals surface area (Å²) in [4.78, 5) is 10.6. The van der Waals surface area contributed by atoms with Crippen molar-refractivity contribution in [3.8, 4) is 0 Å². The van der Waals surface area contributed by atoms with Crippen molar-refractivity contribution >= 4 is 33.3 Å². The van der Waals surface area contributed by atoms with E-state index in [4.69, 9.17) is 16.6 Å². The Labute approximate surface area is 83.7 Å². The SMILES string of the molecule is Nc1cc(C(=O)O)cc(CBr)c1N. The van der Waals surface area contributed by atoms with Gasteiger partial charge in [-0.25, -0.2) is 4.79 Å². The maximum atomic E-state index is 10.6. The van der Waals surface area contributed by atoms with Crippen LogP contribution in [0.3, 0.4) is 0 Å². The molecule has 1 aromatic carbocycles. The van der Waals surface area contributed by atoms with Crippen molar-refractivity contribution in [1.29, 1.82) is 0 Å². The zero-order chi connectivity index (χ0) is 10.0. The predicted molar refractivity (Wildman–Crippen MR) is 54.9 cm³/mol. The molecule has 0 aliphatic carbocycles. The van der Waals surface area contributed by atoms with Gasteiger partial charge in [-0.2, -0.15) is 0 Å². The summed E-state index contributed by atoms with van der Waals surface area (Å²) in [6.07, 6.45) is 0. The van der Waals surface area contributed by atoms with Gasteiger partial charge in [0.2, 0.25) is 0 Å². The van der Waals surface area contributed by atoms with E-state index in [9.17, 15) is 4.79 Å². The van der Waals surface area contributed by atoms with E-state index in [1.54, 1.807) is 0 Å². The Bertz CT molecular complexity index is 352. The average Bonchev–Trinajstić information content (AvgIpc) is 2.09. The summed E-state index contributed by atoms with van der Waals surface area (Å²) in [7, 11) is 0. The van der Waals surface area contributed by atoms with Crippen LogP contribution in [0.2, 0.25) is 0 Å². The summed E-state index contributed by atoms with van der Waals surface area (Å²) in [5.74, 6) is -1.01. The van der Waals surface area contributed by atoms with Crippen LogP contribution in [0, 0.1) is 0 Å². The summed E-state index contributed by atoms with van der Waals surface area (Å²) in [6, 6.07) is 2.85. The van der Waals surface area contributed by atoms with Gasteiger partial charge in [0.1, 0.15) is 0 Å². The van der Waals surface area contributed by atoms with Crippen LogP contribution in [0.4, 0.5) is 11.4 Å². The van der Waals surface area contributed by atoms with Gasteiger partial charge in [0, 0.05) is 5.33 Å². The number of nitrogens with two attached hydrogens (primary N) is 2. The van der Waals surface area contributed by atoms with Crippen molar-refractivity contribution in [2.75, 3.05) is 11.5 Å². The van der Waals surface area contributed by atoms with Gasteiger partial charge in [0.05, 0.1) is 16.9 Å². The molecule has 4 nitrogen and oxygen atoms in total. The lowest BCUT2D eigenvalue weighted by atomic mass is 10.1. The topological polar surface area (TPSA) is 89.3 Å². The molecular formula is C8H9BrN2O2. The third-order valence-electron chi connectivity index (χ3n) is 1.69. The molecule has 0 unspecified atom stereocenters. The number of halogens is 1. The van der Waals surface area contributed by atoms with Gasteiger partial charge in [-0.1, -0.05) is 15.9 Å². The minimum Gasteiger partial charge on any atom is -0.478 e. The molecule has 0 heterocycles. The molecule has 0 aliphatic rings. The molecular weight excluding hydrogens is 236 g/mol. The summed E-state index contributed by atoms with van der Waals surface area (Å²) in [5.41, 5.74) is 12.7. The van der Waals surface area contributed by atoms with E-state index < -0.39 is 5.97 Å². The Kier molecular flexibility index (Phi) is 2.77. The number of carboxylic acid groups (broad SMARTS) is 1. The quantitative estimate of drug-likeness (QED) is 0.543. The van der Waals surface area contributed by atoms with Crippen LogP contribution in [-0.4, -0.2) is 11.1 Å². The maximum absolute atomic E-state index is 10.6. The predicted octanol–water partition coefficient (Wildman–Crippen LogP) is 1.44. The van der Waals surface area contributed by atoms with Crippen LogP contribution < -0.4 is 11.5 Å². The fourth-order valence-corrected chi connectivity index (χ4v) is 1.44. The molecule has 70 valence electrons. The third kappa shape index (κ3) is 1.92. The lowest BCUT2D eigenvalue weighted by molar-refractivity contribution is 0.0697. The third-order valence-corrected chi connectivity index (χ3v) is 2.29. The van der Waals surface area contributed by atoms with Gasteiger partial charge >= 0.3 is 5.97 Å². The number of hydrogen-bond donors (Lipinski definition) is 3. The Morgan fingerprint density at radius 3 is 2.54 bits per heavy atom. The molecule has 0 amide bonds. The number of nitrogen functional groups attached to an aromatic ring is 2. The van der Waals surface area contributed by atoms with E-state index in [1.807, 2.05) is 0 Å². The number of carbonyl (C=O) groups is 1. The fourth-order valence-electron chi connectivity index (χ4n) is 0.972. The minimum absolute atomic E-state index is 0.154. The minimum atomic E-state index is -1.01. The molecule has 1 aromatic rings. The van der Waals surface area contributed by atoms with Crippen LogP contribution >= 0.6 is 15.9 Å². The molecule has 0 bridgehead atoms.